The Morgan fingerprint density at radius 2 is 2.38 bits per heavy atom. The number of ether oxygens (including phenoxy) is 1. The van der Waals surface area contributed by atoms with E-state index in [2.05, 4.69) is 38.6 Å². The molecule has 1 unspecified atom stereocenters. The van der Waals surface area contributed by atoms with Crippen LogP contribution in [0.5, 0.6) is 0 Å². The molecule has 5 nitrogen and oxygen atoms in total. The third-order valence-corrected chi connectivity index (χ3v) is 4.57. The number of fused-ring (bicyclic) bond motifs is 1. The molecule has 1 N–H and O–H groups in total. The number of piperidine rings is 1. The van der Waals surface area contributed by atoms with Gasteiger partial charge in [0.2, 0.25) is 5.95 Å². The Morgan fingerprint density at radius 1 is 1.48 bits per heavy atom. The van der Waals surface area contributed by atoms with Crippen LogP contribution in [0.25, 0.3) is 10.2 Å². The van der Waals surface area contributed by atoms with Gasteiger partial charge in [-0.3, -0.25) is 0 Å². The lowest BCUT2D eigenvalue weighted by molar-refractivity contribution is 0.0440. The normalized spacial score (nSPS) is 19.1. The van der Waals surface area contributed by atoms with Crippen molar-refractivity contribution >= 4 is 33.3 Å². The number of nitrogens with zero attached hydrogens (tertiary/aromatic N) is 3. The summed E-state index contributed by atoms with van der Waals surface area (Å²) < 4.78 is 5.94. The molecule has 3 heterocycles. The summed E-state index contributed by atoms with van der Waals surface area (Å²) in [6.07, 6.45) is 3.69. The van der Waals surface area contributed by atoms with Crippen molar-refractivity contribution in [3.05, 3.63) is 11.4 Å². The third-order valence-electron chi connectivity index (χ3n) is 3.76. The number of nitrogens with one attached hydrogen (secondary N) is 1. The van der Waals surface area contributed by atoms with Gasteiger partial charge in [0.1, 0.15) is 10.6 Å². The molecule has 114 valence electrons. The average Bonchev–Trinajstić information content (AvgIpc) is 3.00. The van der Waals surface area contributed by atoms with Crippen molar-refractivity contribution in [2.24, 2.45) is 0 Å². The summed E-state index contributed by atoms with van der Waals surface area (Å²) in [7, 11) is 1.86. The zero-order valence-electron chi connectivity index (χ0n) is 12.6. The fraction of sp³-hybridized carbons (Fsp3) is 0.600. The first-order valence-electron chi connectivity index (χ1n) is 7.61. The minimum Gasteiger partial charge on any atom is -0.376 e. The maximum atomic E-state index is 5.94. The smallest absolute Gasteiger partial charge is 0.225 e. The van der Waals surface area contributed by atoms with Crippen molar-refractivity contribution in [3.63, 3.8) is 0 Å². The molecule has 1 aliphatic heterocycles. The molecule has 0 amide bonds. The molecule has 0 bridgehead atoms. The van der Waals surface area contributed by atoms with Gasteiger partial charge in [0.25, 0.3) is 0 Å². The molecule has 1 aliphatic rings. The SMILES string of the molecule is CCCOC1CCCN(c2nc(NC)nc3sccc23)C1. The fourth-order valence-corrected chi connectivity index (χ4v) is 3.50. The highest BCUT2D eigenvalue weighted by atomic mass is 32.1. The Bertz CT molecular complexity index is 600. The largest absolute Gasteiger partial charge is 0.376 e. The number of rotatable bonds is 5. The molecule has 2 aromatic rings. The molecule has 0 aromatic carbocycles. The van der Waals surface area contributed by atoms with Gasteiger partial charge in [0.15, 0.2) is 0 Å². The fourth-order valence-electron chi connectivity index (χ4n) is 2.74. The Kier molecular flexibility index (Phi) is 4.55. The average molecular weight is 306 g/mol. The van der Waals surface area contributed by atoms with Crippen molar-refractivity contribution in [1.29, 1.82) is 0 Å². The van der Waals surface area contributed by atoms with Crippen LogP contribution in [0.3, 0.4) is 0 Å². The summed E-state index contributed by atoms with van der Waals surface area (Å²) in [6, 6.07) is 2.12. The maximum absolute atomic E-state index is 5.94. The Morgan fingerprint density at radius 3 is 3.19 bits per heavy atom. The van der Waals surface area contributed by atoms with E-state index < -0.39 is 0 Å². The standard InChI is InChI=1S/C15H22N4OS/c1-3-8-20-11-5-4-7-19(10-11)13-12-6-9-21-14(12)18-15(16-2)17-13/h6,9,11H,3-5,7-8,10H2,1-2H3,(H,16,17,18). The van der Waals surface area contributed by atoms with Gasteiger partial charge in [-0.15, -0.1) is 11.3 Å². The van der Waals surface area contributed by atoms with Crippen LogP contribution in [0.15, 0.2) is 11.4 Å². The summed E-state index contributed by atoms with van der Waals surface area (Å²) in [6.45, 7) is 4.96. The lowest BCUT2D eigenvalue weighted by Gasteiger charge is -2.33. The summed E-state index contributed by atoms with van der Waals surface area (Å²) in [4.78, 5) is 12.6. The van der Waals surface area contributed by atoms with Gasteiger partial charge >= 0.3 is 0 Å². The summed E-state index contributed by atoms with van der Waals surface area (Å²) in [5, 5.41) is 6.29. The molecule has 21 heavy (non-hydrogen) atoms. The van der Waals surface area contributed by atoms with Crippen LogP contribution in [0.4, 0.5) is 11.8 Å². The van der Waals surface area contributed by atoms with Crippen LogP contribution in [0, 0.1) is 0 Å². The summed E-state index contributed by atoms with van der Waals surface area (Å²) >= 11 is 1.66. The molecule has 2 aromatic heterocycles. The predicted octanol–water partition coefficient (Wildman–Crippen LogP) is 3.13. The molecule has 3 rings (SSSR count). The molecule has 0 saturated carbocycles. The van der Waals surface area contributed by atoms with Gasteiger partial charge in [-0.25, -0.2) is 4.98 Å². The monoisotopic (exact) mass is 306 g/mol. The van der Waals surface area contributed by atoms with E-state index in [1.807, 2.05) is 7.05 Å². The second kappa shape index (κ2) is 6.58. The second-order valence-corrected chi connectivity index (χ2v) is 6.24. The molecule has 0 aliphatic carbocycles. The van der Waals surface area contributed by atoms with E-state index in [0.29, 0.717) is 12.1 Å². The Labute approximate surface area is 129 Å². The van der Waals surface area contributed by atoms with Crippen molar-refractivity contribution in [2.75, 3.05) is 37.0 Å². The van der Waals surface area contributed by atoms with Gasteiger partial charge in [0.05, 0.1) is 11.5 Å². The summed E-state index contributed by atoms with van der Waals surface area (Å²) in [5.74, 6) is 1.73. The second-order valence-electron chi connectivity index (χ2n) is 5.34. The van der Waals surface area contributed by atoms with E-state index in [9.17, 15) is 0 Å². The van der Waals surface area contributed by atoms with Crippen LogP contribution in [0.2, 0.25) is 0 Å². The lowest BCUT2D eigenvalue weighted by Crippen LogP contribution is -2.40. The highest BCUT2D eigenvalue weighted by molar-refractivity contribution is 7.16. The first kappa shape index (κ1) is 14.5. The van der Waals surface area contributed by atoms with Gasteiger partial charge in [-0.2, -0.15) is 4.98 Å². The number of aromatic nitrogens is 2. The molecule has 1 saturated heterocycles. The zero-order valence-corrected chi connectivity index (χ0v) is 13.4. The highest BCUT2D eigenvalue weighted by Gasteiger charge is 2.23. The van der Waals surface area contributed by atoms with Crippen LogP contribution >= 0.6 is 11.3 Å². The van der Waals surface area contributed by atoms with Crippen molar-refractivity contribution in [3.8, 4) is 0 Å². The van der Waals surface area contributed by atoms with Crippen molar-refractivity contribution in [1.82, 2.24) is 9.97 Å². The van der Waals surface area contributed by atoms with E-state index in [-0.39, 0.29) is 0 Å². The van der Waals surface area contributed by atoms with Gasteiger partial charge in [0, 0.05) is 26.7 Å². The van der Waals surface area contributed by atoms with Gasteiger partial charge in [-0.05, 0) is 30.7 Å². The number of anilines is 2. The van der Waals surface area contributed by atoms with E-state index in [1.165, 1.54) is 0 Å². The quantitative estimate of drug-likeness (QED) is 0.919. The van der Waals surface area contributed by atoms with Crippen molar-refractivity contribution in [2.45, 2.75) is 32.3 Å². The maximum Gasteiger partial charge on any atom is 0.225 e. The number of hydrogen-bond donors (Lipinski definition) is 1. The molecular weight excluding hydrogens is 284 g/mol. The minimum atomic E-state index is 0.320. The van der Waals surface area contributed by atoms with Crippen LogP contribution in [0.1, 0.15) is 26.2 Å². The van der Waals surface area contributed by atoms with E-state index in [0.717, 1.165) is 55.0 Å². The molecular formula is C15H22N4OS. The summed E-state index contributed by atoms with van der Waals surface area (Å²) in [5.41, 5.74) is 0. The number of thiophene rings is 1. The van der Waals surface area contributed by atoms with Crippen molar-refractivity contribution < 1.29 is 4.74 Å². The molecule has 0 spiro atoms. The van der Waals surface area contributed by atoms with E-state index >= 15 is 0 Å². The van der Waals surface area contributed by atoms with Crippen LogP contribution in [-0.2, 0) is 4.74 Å². The Hall–Kier alpha value is -1.40. The first-order valence-corrected chi connectivity index (χ1v) is 8.49. The Balaban J connectivity index is 1.86. The van der Waals surface area contributed by atoms with Crippen LogP contribution < -0.4 is 10.2 Å². The number of hydrogen-bond acceptors (Lipinski definition) is 6. The van der Waals surface area contributed by atoms with E-state index in [1.54, 1.807) is 11.3 Å². The predicted molar refractivity (Wildman–Crippen MR) is 88.4 cm³/mol. The minimum absolute atomic E-state index is 0.320. The zero-order chi connectivity index (χ0) is 14.7. The highest BCUT2D eigenvalue weighted by Crippen LogP contribution is 2.31. The molecule has 1 fully saturated rings. The molecule has 1 atom stereocenters. The van der Waals surface area contributed by atoms with E-state index in [4.69, 9.17) is 4.74 Å². The van der Waals surface area contributed by atoms with Gasteiger partial charge in [-0.1, -0.05) is 6.92 Å². The molecule has 0 radical (unpaired) electrons. The van der Waals surface area contributed by atoms with Crippen LogP contribution in [-0.4, -0.2) is 42.8 Å². The lowest BCUT2D eigenvalue weighted by atomic mass is 10.1. The topological polar surface area (TPSA) is 50.3 Å². The first-order chi connectivity index (χ1) is 10.3. The molecule has 6 heteroatoms. The van der Waals surface area contributed by atoms with Gasteiger partial charge < -0.3 is 15.0 Å². The third kappa shape index (κ3) is 3.11.